The molecule has 0 heterocycles. The Kier molecular flexibility index (Phi) is 7.42. The van der Waals surface area contributed by atoms with Crippen LogP contribution in [0.25, 0.3) is 6.08 Å². The smallest absolute Gasteiger partial charge is 0.322 e. The summed E-state index contributed by atoms with van der Waals surface area (Å²) in [5.74, 6) is 0.175. The zero-order valence-corrected chi connectivity index (χ0v) is 15.2. The zero-order chi connectivity index (χ0) is 18.1. The molecular formula is C22H27NO2. The summed E-state index contributed by atoms with van der Waals surface area (Å²) in [6, 6.07) is 19.9. The van der Waals surface area contributed by atoms with Crippen LogP contribution in [-0.2, 0) is 9.53 Å². The summed E-state index contributed by atoms with van der Waals surface area (Å²) in [5, 5.41) is 3.46. The minimum atomic E-state index is -0.337. The Labute approximate surface area is 150 Å². The summed E-state index contributed by atoms with van der Waals surface area (Å²) < 4.78 is 4.99. The van der Waals surface area contributed by atoms with Crippen LogP contribution in [0.1, 0.15) is 37.4 Å². The number of carbonyl (C=O) groups excluding carboxylic acids is 1. The van der Waals surface area contributed by atoms with Crippen LogP contribution < -0.4 is 5.32 Å². The predicted molar refractivity (Wildman–Crippen MR) is 103 cm³/mol. The molecule has 0 radical (unpaired) electrons. The maximum atomic E-state index is 12.2. The highest BCUT2D eigenvalue weighted by molar-refractivity contribution is 5.75. The van der Waals surface area contributed by atoms with Crippen LogP contribution >= 0.6 is 0 Å². The van der Waals surface area contributed by atoms with Gasteiger partial charge >= 0.3 is 5.97 Å². The number of hydrogen-bond acceptors (Lipinski definition) is 3. The van der Waals surface area contributed by atoms with Crippen molar-refractivity contribution < 1.29 is 9.53 Å². The van der Waals surface area contributed by atoms with Crippen molar-refractivity contribution in [3.63, 3.8) is 0 Å². The molecule has 0 aliphatic heterocycles. The number of nitrogens with one attached hydrogen (secondary N) is 1. The first-order valence-electron chi connectivity index (χ1n) is 8.72. The van der Waals surface area contributed by atoms with E-state index < -0.39 is 0 Å². The van der Waals surface area contributed by atoms with Crippen molar-refractivity contribution in [1.82, 2.24) is 5.32 Å². The normalized spacial score (nSPS) is 13.8. The van der Waals surface area contributed by atoms with Gasteiger partial charge in [-0.05, 0) is 23.5 Å². The summed E-state index contributed by atoms with van der Waals surface area (Å²) in [6.45, 7) is 4.21. The number of ether oxygens (including phenoxy) is 1. The van der Waals surface area contributed by atoms with Crippen molar-refractivity contribution in [2.75, 3.05) is 7.11 Å². The van der Waals surface area contributed by atoms with Crippen LogP contribution in [0.2, 0.25) is 0 Å². The maximum absolute atomic E-state index is 12.2. The van der Waals surface area contributed by atoms with E-state index in [-0.39, 0.29) is 18.1 Å². The Morgan fingerprint density at radius 2 is 1.64 bits per heavy atom. The number of esters is 1. The van der Waals surface area contributed by atoms with Gasteiger partial charge < -0.3 is 4.74 Å². The van der Waals surface area contributed by atoms with Gasteiger partial charge in [0.15, 0.2) is 0 Å². The minimum absolute atomic E-state index is 0.0655. The Balaban J connectivity index is 2.24. The molecular weight excluding hydrogens is 310 g/mol. The Morgan fingerprint density at radius 1 is 1.04 bits per heavy atom. The van der Waals surface area contributed by atoms with Gasteiger partial charge in [-0.25, -0.2) is 0 Å². The molecule has 2 atom stereocenters. The third-order valence-corrected chi connectivity index (χ3v) is 4.01. The lowest BCUT2D eigenvalue weighted by Crippen LogP contribution is -2.40. The molecule has 0 unspecified atom stereocenters. The molecule has 3 nitrogen and oxygen atoms in total. The van der Waals surface area contributed by atoms with Gasteiger partial charge in [0.2, 0.25) is 0 Å². The van der Waals surface area contributed by atoms with E-state index in [2.05, 4.69) is 55.6 Å². The average molecular weight is 337 g/mol. The lowest BCUT2D eigenvalue weighted by Gasteiger charge is -2.24. The van der Waals surface area contributed by atoms with Crippen molar-refractivity contribution in [3.05, 3.63) is 77.9 Å². The molecule has 0 saturated heterocycles. The van der Waals surface area contributed by atoms with E-state index in [1.165, 1.54) is 7.11 Å². The Hall–Kier alpha value is -2.39. The number of carbonyl (C=O) groups is 1. The highest BCUT2D eigenvalue weighted by Gasteiger charge is 2.23. The van der Waals surface area contributed by atoms with Crippen molar-refractivity contribution in [1.29, 1.82) is 0 Å². The van der Waals surface area contributed by atoms with E-state index in [1.807, 2.05) is 36.4 Å². The van der Waals surface area contributed by atoms with Gasteiger partial charge in [0, 0.05) is 0 Å². The zero-order valence-electron chi connectivity index (χ0n) is 15.2. The third-order valence-electron chi connectivity index (χ3n) is 4.01. The lowest BCUT2D eigenvalue weighted by molar-refractivity contribution is -0.143. The molecule has 0 aromatic heterocycles. The highest BCUT2D eigenvalue weighted by Crippen LogP contribution is 2.19. The second-order valence-corrected chi connectivity index (χ2v) is 6.53. The SMILES string of the molecule is COC(=O)[C@@H](CC(C)C)N[C@@H](/C=C/c1ccccc1)c1ccccc1. The Morgan fingerprint density at radius 3 is 2.20 bits per heavy atom. The second kappa shape index (κ2) is 9.80. The van der Waals surface area contributed by atoms with Gasteiger partial charge in [0.25, 0.3) is 0 Å². The highest BCUT2D eigenvalue weighted by atomic mass is 16.5. The summed E-state index contributed by atoms with van der Waals surface area (Å²) in [4.78, 5) is 12.2. The van der Waals surface area contributed by atoms with E-state index >= 15 is 0 Å². The molecule has 25 heavy (non-hydrogen) atoms. The first-order chi connectivity index (χ1) is 12.1. The standard InChI is InChI=1S/C22H27NO2/c1-17(2)16-21(22(24)25-3)23-20(19-12-8-5-9-13-19)15-14-18-10-6-4-7-11-18/h4-15,17,20-21,23H,16H2,1-3H3/b15-14+/t20-,21+/m0/s1. The summed E-state index contributed by atoms with van der Waals surface area (Å²) >= 11 is 0. The van der Waals surface area contributed by atoms with Crippen LogP contribution in [0.5, 0.6) is 0 Å². The lowest BCUT2D eigenvalue weighted by atomic mass is 9.99. The summed E-state index contributed by atoms with van der Waals surface area (Å²) in [5.41, 5.74) is 2.25. The molecule has 0 fully saturated rings. The molecule has 2 rings (SSSR count). The largest absolute Gasteiger partial charge is 0.468 e. The molecule has 2 aromatic carbocycles. The molecule has 0 aliphatic rings. The average Bonchev–Trinajstić information content (AvgIpc) is 2.64. The van der Waals surface area contributed by atoms with Crippen LogP contribution in [0, 0.1) is 5.92 Å². The van der Waals surface area contributed by atoms with Crippen LogP contribution in [0.4, 0.5) is 0 Å². The maximum Gasteiger partial charge on any atom is 0.322 e. The first kappa shape index (κ1) is 18.9. The summed E-state index contributed by atoms with van der Waals surface area (Å²) in [6.07, 6.45) is 4.91. The molecule has 132 valence electrons. The second-order valence-electron chi connectivity index (χ2n) is 6.53. The molecule has 0 aliphatic carbocycles. The predicted octanol–water partition coefficient (Wildman–Crippen LogP) is 4.62. The molecule has 1 N–H and O–H groups in total. The van der Waals surface area contributed by atoms with E-state index in [4.69, 9.17) is 4.74 Å². The minimum Gasteiger partial charge on any atom is -0.468 e. The number of hydrogen-bond donors (Lipinski definition) is 1. The van der Waals surface area contributed by atoms with Crippen LogP contribution in [-0.4, -0.2) is 19.1 Å². The van der Waals surface area contributed by atoms with Gasteiger partial charge in [0.1, 0.15) is 6.04 Å². The first-order valence-corrected chi connectivity index (χ1v) is 8.72. The summed E-state index contributed by atoms with van der Waals surface area (Å²) in [7, 11) is 1.44. The van der Waals surface area contributed by atoms with E-state index in [1.54, 1.807) is 0 Å². The van der Waals surface area contributed by atoms with Crippen molar-refractivity contribution in [3.8, 4) is 0 Å². The topological polar surface area (TPSA) is 38.3 Å². The van der Waals surface area contributed by atoms with Crippen molar-refractivity contribution in [2.24, 2.45) is 5.92 Å². The fraction of sp³-hybridized carbons (Fsp3) is 0.318. The third kappa shape index (κ3) is 6.20. The van der Waals surface area contributed by atoms with Gasteiger partial charge in [-0.15, -0.1) is 0 Å². The quantitative estimate of drug-likeness (QED) is 0.714. The number of rotatable bonds is 8. The fourth-order valence-electron chi connectivity index (χ4n) is 2.76. The molecule has 0 saturated carbocycles. The molecule has 2 aromatic rings. The van der Waals surface area contributed by atoms with Gasteiger partial charge in [-0.3, -0.25) is 10.1 Å². The number of benzene rings is 2. The molecule has 3 heteroatoms. The van der Waals surface area contributed by atoms with Crippen LogP contribution in [0.3, 0.4) is 0 Å². The van der Waals surface area contributed by atoms with Gasteiger partial charge in [-0.1, -0.05) is 86.7 Å². The molecule has 0 spiro atoms. The van der Waals surface area contributed by atoms with Gasteiger partial charge in [0.05, 0.1) is 13.2 Å². The van der Waals surface area contributed by atoms with E-state index in [0.717, 1.165) is 17.5 Å². The van der Waals surface area contributed by atoms with Crippen molar-refractivity contribution in [2.45, 2.75) is 32.4 Å². The van der Waals surface area contributed by atoms with Crippen LogP contribution in [0.15, 0.2) is 66.7 Å². The van der Waals surface area contributed by atoms with E-state index in [0.29, 0.717) is 5.92 Å². The fourth-order valence-corrected chi connectivity index (χ4v) is 2.76. The van der Waals surface area contributed by atoms with E-state index in [9.17, 15) is 4.79 Å². The number of methoxy groups -OCH3 is 1. The van der Waals surface area contributed by atoms with Crippen molar-refractivity contribution >= 4 is 12.0 Å². The monoisotopic (exact) mass is 337 g/mol. The molecule has 0 amide bonds. The Bertz CT molecular complexity index is 665. The molecule has 0 bridgehead atoms. The van der Waals surface area contributed by atoms with Gasteiger partial charge in [-0.2, -0.15) is 0 Å².